The lowest BCUT2D eigenvalue weighted by Gasteiger charge is -1.96. The maximum atomic E-state index is 12.1. The van der Waals surface area contributed by atoms with Gasteiger partial charge in [0.1, 0.15) is 5.00 Å². The van der Waals surface area contributed by atoms with E-state index < -0.39 is 0 Å². The van der Waals surface area contributed by atoms with Crippen LogP contribution in [0.3, 0.4) is 0 Å². The molecule has 0 spiro atoms. The Labute approximate surface area is 97.3 Å². The number of benzene rings is 1. The first-order chi connectivity index (χ1) is 7.84. The molecule has 1 aromatic heterocycles. The van der Waals surface area contributed by atoms with E-state index in [2.05, 4.69) is 4.99 Å². The second-order valence-electron chi connectivity index (χ2n) is 3.65. The first-order valence-corrected chi connectivity index (χ1v) is 5.91. The third-order valence-corrected chi connectivity index (χ3v) is 3.65. The van der Waals surface area contributed by atoms with Crippen LogP contribution in [0.25, 0.3) is 0 Å². The largest absolute Gasteiger partial charge is 0.288 e. The summed E-state index contributed by atoms with van der Waals surface area (Å²) in [5.41, 5.74) is 1.91. The predicted octanol–water partition coefficient (Wildman–Crippen LogP) is 3.24. The van der Waals surface area contributed by atoms with E-state index in [0.717, 1.165) is 21.9 Å². The van der Waals surface area contributed by atoms with E-state index in [0.29, 0.717) is 0 Å². The molecule has 3 rings (SSSR count). The van der Waals surface area contributed by atoms with Crippen LogP contribution in [0.1, 0.15) is 20.8 Å². The summed E-state index contributed by atoms with van der Waals surface area (Å²) in [7, 11) is 0. The summed E-state index contributed by atoms with van der Waals surface area (Å²) >= 11 is 1.48. The Morgan fingerprint density at radius 3 is 2.81 bits per heavy atom. The number of fused-ring (bicyclic) bond motifs is 1. The minimum atomic E-state index is 0.0928. The van der Waals surface area contributed by atoms with Crippen molar-refractivity contribution in [1.29, 1.82) is 0 Å². The zero-order chi connectivity index (χ0) is 11.0. The Morgan fingerprint density at radius 1 is 1.25 bits per heavy atom. The van der Waals surface area contributed by atoms with Gasteiger partial charge in [0.2, 0.25) is 5.78 Å². The van der Waals surface area contributed by atoms with Crippen LogP contribution in [-0.4, -0.2) is 12.0 Å². The summed E-state index contributed by atoms with van der Waals surface area (Å²) < 4.78 is 0. The number of carbonyl (C=O) groups is 1. The second kappa shape index (κ2) is 3.68. The Bertz CT molecular complexity index is 569. The summed E-state index contributed by atoms with van der Waals surface area (Å²) in [6, 6.07) is 11.3. The van der Waals surface area contributed by atoms with Gasteiger partial charge in [0.25, 0.3) is 0 Å². The van der Waals surface area contributed by atoms with Gasteiger partial charge in [-0.15, -0.1) is 11.3 Å². The number of ketones is 1. The molecule has 2 nitrogen and oxygen atoms in total. The lowest BCUT2D eigenvalue weighted by molar-refractivity contribution is 0.104. The van der Waals surface area contributed by atoms with Gasteiger partial charge in [-0.2, -0.15) is 0 Å². The van der Waals surface area contributed by atoms with Gasteiger partial charge in [-0.3, -0.25) is 4.79 Å². The molecule has 0 atom stereocenters. The summed E-state index contributed by atoms with van der Waals surface area (Å²) in [4.78, 5) is 17.1. The van der Waals surface area contributed by atoms with Crippen LogP contribution in [0.15, 0.2) is 41.4 Å². The van der Waals surface area contributed by atoms with Crippen molar-refractivity contribution in [3.63, 3.8) is 0 Å². The van der Waals surface area contributed by atoms with Crippen molar-refractivity contribution in [2.75, 3.05) is 0 Å². The third kappa shape index (κ3) is 1.49. The fourth-order valence-corrected chi connectivity index (χ4v) is 2.77. The van der Waals surface area contributed by atoms with Crippen LogP contribution in [0, 0.1) is 0 Å². The van der Waals surface area contributed by atoms with Gasteiger partial charge < -0.3 is 0 Å². The average Bonchev–Trinajstić information content (AvgIpc) is 2.89. The highest BCUT2D eigenvalue weighted by Crippen LogP contribution is 2.34. The average molecular weight is 227 g/mol. The van der Waals surface area contributed by atoms with Crippen molar-refractivity contribution in [3.8, 4) is 0 Å². The number of carbonyl (C=O) groups excluding carboxylic acids is 1. The normalized spacial score (nSPS) is 12.8. The molecule has 1 aromatic carbocycles. The van der Waals surface area contributed by atoms with Crippen molar-refractivity contribution in [2.24, 2.45) is 4.99 Å². The summed E-state index contributed by atoms with van der Waals surface area (Å²) in [5.74, 6) is 0.0928. The van der Waals surface area contributed by atoms with Crippen LogP contribution in [0.5, 0.6) is 0 Å². The maximum Gasteiger partial charge on any atom is 0.203 e. The molecule has 1 aliphatic heterocycles. The monoisotopic (exact) mass is 227 g/mol. The van der Waals surface area contributed by atoms with Gasteiger partial charge in [0.15, 0.2) is 0 Å². The Kier molecular flexibility index (Phi) is 2.18. The highest BCUT2D eigenvalue weighted by Gasteiger charge is 2.17. The molecular weight excluding hydrogens is 218 g/mol. The smallest absolute Gasteiger partial charge is 0.203 e. The molecule has 16 heavy (non-hydrogen) atoms. The third-order valence-electron chi connectivity index (χ3n) is 2.57. The summed E-state index contributed by atoms with van der Waals surface area (Å²) in [5, 5.41) is 0.985. The Morgan fingerprint density at radius 2 is 2.06 bits per heavy atom. The quantitative estimate of drug-likeness (QED) is 0.724. The topological polar surface area (TPSA) is 29.4 Å². The molecule has 0 unspecified atom stereocenters. The molecule has 0 bridgehead atoms. The molecule has 0 amide bonds. The van der Waals surface area contributed by atoms with Crippen molar-refractivity contribution < 1.29 is 4.79 Å². The molecular formula is C13H9NOS. The molecule has 78 valence electrons. The zero-order valence-corrected chi connectivity index (χ0v) is 9.33. The van der Waals surface area contributed by atoms with E-state index in [1.54, 1.807) is 0 Å². The van der Waals surface area contributed by atoms with Crippen molar-refractivity contribution in [2.45, 2.75) is 6.42 Å². The van der Waals surface area contributed by atoms with Crippen LogP contribution in [0.2, 0.25) is 0 Å². The number of thiophene rings is 1. The van der Waals surface area contributed by atoms with Crippen molar-refractivity contribution in [3.05, 3.63) is 52.4 Å². The standard InChI is InChI=1S/C13H9NOS/c15-12(9-4-2-1-3-5-9)11-8-10-6-7-14-13(10)16-11/h1-5,7-8H,6H2. The lowest BCUT2D eigenvalue weighted by Crippen LogP contribution is -1.97. The van der Waals surface area contributed by atoms with Crippen LogP contribution < -0.4 is 0 Å². The second-order valence-corrected chi connectivity index (χ2v) is 4.68. The molecule has 0 radical (unpaired) electrons. The Balaban J connectivity index is 1.98. The maximum absolute atomic E-state index is 12.1. The molecule has 1 aliphatic rings. The highest BCUT2D eigenvalue weighted by atomic mass is 32.1. The Hall–Kier alpha value is -1.74. The highest BCUT2D eigenvalue weighted by molar-refractivity contribution is 7.18. The van der Waals surface area contributed by atoms with Gasteiger partial charge in [-0.25, -0.2) is 4.99 Å². The van der Waals surface area contributed by atoms with Gasteiger partial charge >= 0.3 is 0 Å². The zero-order valence-electron chi connectivity index (χ0n) is 8.51. The minimum absolute atomic E-state index is 0.0928. The molecule has 0 saturated heterocycles. The van der Waals surface area contributed by atoms with Gasteiger partial charge in [-0.05, 0) is 11.6 Å². The molecule has 2 aromatic rings. The number of nitrogens with zero attached hydrogens (tertiary/aromatic N) is 1. The molecule has 0 aliphatic carbocycles. The van der Waals surface area contributed by atoms with Crippen LogP contribution in [-0.2, 0) is 6.42 Å². The fraction of sp³-hybridized carbons (Fsp3) is 0.0769. The fourth-order valence-electron chi connectivity index (χ4n) is 1.75. The van der Waals surface area contributed by atoms with Crippen LogP contribution >= 0.6 is 11.3 Å². The van der Waals surface area contributed by atoms with E-state index in [4.69, 9.17) is 0 Å². The molecule has 0 N–H and O–H groups in total. The first-order valence-electron chi connectivity index (χ1n) is 5.09. The van der Waals surface area contributed by atoms with Gasteiger partial charge in [-0.1, -0.05) is 30.3 Å². The number of rotatable bonds is 2. The summed E-state index contributed by atoms with van der Waals surface area (Å²) in [6.07, 6.45) is 2.74. The van der Waals surface area contributed by atoms with Gasteiger partial charge in [0.05, 0.1) is 4.88 Å². The van der Waals surface area contributed by atoms with E-state index in [-0.39, 0.29) is 5.78 Å². The van der Waals surface area contributed by atoms with E-state index >= 15 is 0 Å². The van der Waals surface area contributed by atoms with E-state index in [1.807, 2.05) is 42.6 Å². The van der Waals surface area contributed by atoms with Crippen molar-refractivity contribution >= 4 is 28.3 Å². The lowest BCUT2D eigenvalue weighted by atomic mass is 10.1. The predicted molar refractivity (Wildman–Crippen MR) is 66.0 cm³/mol. The van der Waals surface area contributed by atoms with Gasteiger partial charge in [0, 0.05) is 18.2 Å². The molecule has 3 heteroatoms. The first kappa shape index (κ1) is 9.48. The number of hydrogen-bond acceptors (Lipinski definition) is 3. The van der Waals surface area contributed by atoms with Crippen molar-refractivity contribution in [1.82, 2.24) is 0 Å². The summed E-state index contributed by atoms with van der Waals surface area (Å²) in [6.45, 7) is 0. The van der Waals surface area contributed by atoms with E-state index in [9.17, 15) is 4.79 Å². The molecule has 2 heterocycles. The number of aliphatic imine (C=N–C) groups is 1. The molecule has 0 fully saturated rings. The van der Waals surface area contributed by atoms with Crippen LogP contribution in [0.4, 0.5) is 5.00 Å². The SMILES string of the molecule is O=C(c1ccccc1)c1cc2c(s1)N=CC2. The molecule has 0 saturated carbocycles. The van der Waals surface area contributed by atoms with E-state index in [1.165, 1.54) is 16.9 Å². The number of hydrogen-bond donors (Lipinski definition) is 0. The minimum Gasteiger partial charge on any atom is -0.288 e.